The first-order valence-electron chi connectivity index (χ1n) is 6.46. The number of benzene rings is 1. The SMILES string of the molecule is CC(C)(C)C(=S)N1CCCC1c1cccc(Cl)c1. The lowest BCUT2D eigenvalue weighted by Gasteiger charge is -2.34. The molecule has 1 aliphatic rings. The summed E-state index contributed by atoms with van der Waals surface area (Å²) >= 11 is 11.7. The summed E-state index contributed by atoms with van der Waals surface area (Å²) in [5.41, 5.74) is 1.34. The molecule has 0 aliphatic carbocycles. The van der Waals surface area contributed by atoms with E-state index in [0.29, 0.717) is 6.04 Å². The van der Waals surface area contributed by atoms with E-state index in [2.05, 4.69) is 37.8 Å². The van der Waals surface area contributed by atoms with E-state index < -0.39 is 0 Å². The lowest BCUT2D eigenvalue weighted by molar-refractivity contribution is 0.364. The van der Waals surface area contributed by atoms with E-state index in [4.69, 9.17) is 23.8 Å². The number of likely N-dealkylation sites (tertiary alicyclic amines) is 1. The third-order valence-electron chi connectivity index (χ3n) is 3.39. The fourth-order valence-corrected chi connectivity index (χ4v) is 2.92. The van der Waals surface area contributed by atoms with Gasteiger partial charge in [-0.25, -0.2) is 0 Å². The molecule has 1 saturated heterocycles. The van der Waals surface area contributed by atoms with Crippen LogP contribution in [0.2, 0.25) is 5.02 Å². The fourth-order valence-electron chi connectivity index (χ4n) is 2.50. The lowest BCUT2D eigenvalue weighted by Crippen LogP contribution is -2.37. The monoisotopic (exact) mass is 281 g/mol. The topological polar surface area (TPSA) is 3.24 Å². The van der Waals surface area contributed by atoms with Crippen molar-refractivity contribution in [3.63, 3.8) is 0 Å². The molecule has 1 fully saturated rings. The van der Waals surface area contributed by atoms with Crippen LogP contribution in [0.1, 0.15) is 45.2 Å². The lowest BCUT2D eigenvalue weighted by atomic mass is 9.94. The molecule has 1 atom stereocenters. The number of rotatable bonds is 1. The third-order valence-corrected chi connectivity index (χ3v) is 4.47. The zero-order valence-electron chi connectivity index (χ0n) is 11.2. The molecule has 0 saturated carbocycles. The van der Waals surface area contributed by atoms with E-state index in [1.165, 1.54) is 12.0 Å². The van der Waals surface area contributed by atoms with Gasteiger partial charge >= 0.3 is 0 Å². The Morgan fingerprint density at radius 3 is 2.72 bits per heavy atom. The van der Waals surface area contributed by atoms with Crippen molar-refractivity contribution in [3.8, 4) is 0 Å². The van der Waals surface area contributed by atoms with Crippen molar-refractivity contribution in [1.29, 1.82) is 0 Å². The van der Waals surface area contributed by atoms with Crippen molar-refractivity contribution >= 4 is 28.8 Å². The predicted octanol–water partition coefficient (Wildman–Crippen LogP) is 4.85. The Bertz CT molecular complexity index is 450. The average Bonchev–Trinajstić information content (AvgIpc) is 2.75. The third kappa shape index (κ3) is 2.86. The van der Waals surface area contributed by atoms with Gasteiger partial charge in [0, 0.05) is 17.0 Å². The molecule has 3 heteroatoms. The number of thiocarbonyl (C=S) groups is 1. The van der Waals surface area contributed by atoms with Crippen LogP contribution in [0.4, 0.5) is 0 Å². The van der Waals surface area contributed by atoms with Crippen molar-refractivity contribution in [2.24, 2.45) is 5.41 Å². The van der Waals surface area contributed by atoms with Crippen molar-refractivity contribution in [2.45, 2.75) is 39.7 Å². The summed E-state index contributed by atoms with van der Waals surface area (Å²) in [7, 11) is 0. The second-order valence-electron chi connectivity index (χ2n) is 5.96. The smallest absolute Gasteiger partial charge is 0.0838 e. The minimum atomic E-state index is 0.0521. The van der Waals surface area contributed by atoms with Gasteiger partial charge in [-0.1, -0.05) is 56.7 Å². The molecule has 0 amide bonds. The van der Waals surface area contributed by atoms with Gasteiger partial charge in [0.25, 0.3) is 0 Å². The zero-order valence-corrected chi connectivity index (χ0v) is 12.8. The Hall–Kier alpha value is -0.600. The van der Waals surface area contributed by atoms with Gasteiger partial charge in [-0.15, -0.1) is 0 Å². The largest absolute Gasteiger partial charge is 0.359 e. The minimum absolute atomic E-state index is 0.0521. The fraction of sp³-hybridized carbons (Fsp3) is 0.533. The van der Waals surface area contributed by atoms with Crippen LogP contribution in [0.3, 0.4) is 0 Å². The van der Waals surface area contributed by atoms with E-state index in [-0.39, 0.29) is 5.41 Å². The van der Waals surface area contributed by atoms with Crippen molar-refractivity contribution in [1.82, 2.24) is 4.90 Å². The van der Waals surface area contributed by atoms with E-state index in [9.17, 15) is 0 Å². The standard InChI is InChI=1S/C15H20ClNS/c1-15(2,3)14(18)17-9-5-8-13(17)11-6-4-7-12(16)10-11/h4,6-7,10,13H,5,8-9H2,1-3H3. The summed E-state index contributed by atoms with van der Waals surface area (Å²) in [5.74, 6) is 0. The van der Waals surface area contributed by atoms with Crippen LogP contribution in [0.25, 0.3) is 0 Å². The number of hydrogen-bond donors (Lipinski definition) is 0. The van der Waals surface area contributed by atoms with Crippen LogP contribution in [0, 0.1) is 5.41 Å². The van der Waals surface area contributed by atoms with Crippen molar-refractivity contribution in [2.75, 3.05) is 6.54 Å². The molecular weight excluding hydrogens is 262 g/mol. The molecule has 2 rings (SSSR count). The van der Waals surface area contributed by atoms with E-state index >= 15 is 0 Å². The molecule has 0 radical (unpaired) electrons. The highest BCUT2D eigenvalue weighted by molar-refractivity contribution is 7.80. The molecule has 1 unspecified atom stereocenters. The van der Waals surface area contributed by atoms with Crippen molar-refractivity contribution in [3.05, 3.63) is 34.9 Å². The Balaban J connectivity index is 2.25. The molecule has 98 valence electrons. The van der Waals surface area contributed by atoms with Gasteiger partial charge in [0.2, 0.25) is 0 Å². The van der Waals surface area contributed by atoms with Crippen LogP contribution >= 0.6 is 23.8 Å². The summed E-state index contributed by atoms with van der Waals surface area (Å²) in [6.07, 6.45) is 2.37. The maximum absolute atomic E-state index is 6.09. The summed E-state index contributed by atoms with van der Waals surface area (Å²) in [6.45, 7) is 7.61. The Morgan fingerprint density at radius 2 is 2.11 bits per heavy atom. The Morgan fingerprint density at radius 1 is 1.39 bits per heavy atom. The summed E-state index contributed by atoms with van der Waals surface area (Å²) in [6, 6.07) is 8.56. The molecule has 1 aromatic rings. The van der Waals surface area contributed by atoms with Crippen LogP contribution < -0.4 is 0 Å². The average molecular weight is 282 g/mol. The molecule has 0 bridgehead atoms. The van der Waals surface area contributed by atoms with Crippen molar-refractivity contribution < 1.29 is 0 Å². The highest BCUT2D eigenvalue weighted by Crippen LogP contribution is 2.36. The van der Waals surface area contributed by atoms with E-state index in [0.717, 1.165) is 23.0 Å². The first-order chi connectivity index (χ1) is 8.39. The van der Waals surface area contributed by atoms with Gasteiger partial charge in [0.05, 0.1) is 11.0 Å². The van der Waals surface area contributed by atoms with E-state index in [1.807, 2.05) is 12.1 Å². The number of halogens is 1. The molecule has 0 N–H and O–H groups in total. The maximum Gasteiger partial charge on any atom is 0.0838 e. The summed E-state index contributed by atoms with van der Waals surface area (Å²) in [5, 5.41) is 0.807. The first kappa shape index (κ1) is 13.8. The second kappa shape index (κ2) is 5.18. The maximum atomic E-state index is 6.09. The highest BCUT2D eigenvalue weighted by atomic mass is 35.5. The van der Waals surface area contributed by atoms with Gasteiger partial charge in [-0.2, -0.15) is 0 Å². The van der Waals surface area contributed by atoms with Crippen LogP contribution in [0.5, 0.6) is 0 Å². The van der Waals surface area contributed by atoms with Gasteiger partial charge in [0.15, 0.2) is 0 Å². The molecular formula is C15H20ClNS. The van der Waals surface area contributed by atoms with Gasteiger partial charge < -0.3 is 4.90 Å². The predicted molar refractivity (Wildman–Crippen MR) is 82.2 cm³/mol. The molecule has 0 spiro atoms. The molecule has 1 aromatic carbocycles. The molecule has 1 heterocycles. The number of hydrogen-bond acceptors (Lipinski definition) is 1. The minimum Gasteiger partial charge on any atom is -0.359 e. The van der Waals surface area contributed by atoms with Gasteiger partial charge in [-0.3, -0.25) is 0 Å². The highest BCUT2D eigenvalue weighted by Gasteiger charge is 2.32. The normalized spacial score (nSPS) is 20.2. The second-order valence-corrected chi connectivity index (χ2v) is 6.78. The summed E-state index contributed by atoms with van der Waals surface area (Å²) in [4.78, 5) is 3.44. The molecule has 18 heavy (non-hydrogen) atoms. The molecule has 0 aromatic heterocycles. The van der Waals surface area contributed by atoms with Crippen LogP contribution in [0.15, 0.2) is 24.3 Å². The summed E-state index contributed by atoms with van der Waals surface area (Å²) < 4.78 is 0. The van der Waals surface area contributed by atoms with E-state index in [1.54, 1.807) is 0 Å². The quantitative estimate of drug-likeness (QED) is 0.677. The van der Waals surface area contributed by atoms with Gasteiger partial charge in [-0.05, 0) is 30.5 Å². The molecule has 1 aliphatic heterocycles. The van der Waals surface area contributed by atoms with Gasteiger partial charge in [0.1, 0.15) is 0 Å². The zero-order chi connectivity index (χ0) is 13.3. The van der Waals surface area contributed by atoms with Crippen LogP contribution in [-0.4, -0.2) is 16.4 Å². The first-order valence-corrected chi connectivity index (χ1v) is 7.25. The van der Waals surface area contributed by atoms with Crippen LogP contribution in [-0.2, 0) is 0 Å². The Labute approximate surface area is 120 Å². The Kier molecular flexibility index (Phi) is 3.98. The molecule has 1 nitrogen and oxygen atoms in total. The number of nitrogens with zero attached hydrogens (tertiary/aromatic N) is 1.